The van der Waals surface area contributed by atoms with E-state index < -0.39 is 54.2 Å². The minimum atomic E-state index is -0.754. The number of hydrogen-bond donors (Lipinski definition) is 0. The van der Waals surface area contributed by atoms with Gasteiger partial charge in [0.15, 0.2) is 12.2 Å². The van der Waals surface area contributed by atoms with Crippen LogP contribution in [0.5, 0.6) is 0 Å². The first-order valence-electron chi connectivity index (χ1n) is 5.65. The average molecular weight is 256 g/mol. The first-order valence-corrected chi connectivity index (χ1v) is 5.65. The van der Waals surface area contributed by atoms with Crippen LogP contribution in [0.25, 0.3) is 0 Å². The maximum Gasteiger partial charge on any atom is 0.313 e. The Morgan fingerprint density at radius 3 is 2.56 bits per heavy atom. The molecule has 0 aromatic rings. The van der Waals surface area contributed by atoms with Gasteiger partial charge in [-0.25, -0.2) is 0 Å². The molecule has 18 heavy (non-hydrogen) atoms. The summed E-state index contributed by atoms with van der Waals surface area (Å²) in [5.74, 6) is -2.92. The third kappa shape index (κ3) is 1.30. The topological polar surface area (TPSA) is 88.1 Å². The number of methoxy groups -OCH3 is 1. The average Bonchev–Trinajstić information content (AvgIpc) is 2.90. The molecular weight excluding hydrogens is 244 g/mol. The van der Waals surface area contributed by atoms with Crippen molar-refractivity contribution >= 4 is 17.9 Å². The van der Waals surface area contributed by atoms with Crippen LogP contribution >= 0.6 is 0 Å². The second-order valence-electron chi connectivity index (χ2n) is 4.62. The van der Waals surface area contributed by atoms with E-state index in [4.69, 9.17) is 14.2 Å². The van der Waals surface area contributed by atoms with Crippen LogP contribution in [0.4, 0.5) is 0 Å². The second-order valence-corrected chi connectivity index (χ2v) is 4.62. The van der Waals surface area contributed by atoms with Crippen LogP contribution in [0.2, 0.25) is 0 Å². The maximum atomic E-state index is 11.7. The summed E-state index contributed by atoms with van der Waals surface area (Å²) in [7, 11) is 1.24. The van der Waals surface area contributed by atoms with E-state index in [0.29, 0.717) is 0 Å². The molecule has 7 heteroatoms. The Balaban J connectivity index is 1.92. The monoisotopic (exact) mass is 256 g/mol. The summed E-state index contributed by atoms with van der Waals surface area (Å²) in [6.07, 6.45) is -2.50. The Labute approximate surface area is 102 Å². The number of carbonyl (C=O) groups is 3. The van der Waals surface area contributed by atoms with Gasteiger partial charge in [0.25, 0.3) is 0 Å². The Kier molecular flexibility index (Phi) is 2.34. The predicted octanol–water partition coefficient (Wildman–Crippen LogP) is -0.970. The fourth-order valence-electron chi connectivity index (χ4n) is 3.07. The van der Waals surface area contributed by atoms with Crippen LogP contribution in [0.3, 0.4) is 0 Å². The van der Waals surface area contributed by atoms with Crippen LogP contribution in [0.1, 0.15) is 6.92 Å². The standard InChI is InChI=1S/C11H12O7/c1-3(12)16-8-6-4(10(13)15-2)5-7(17-6)9(8)18-11(5)14/h4-9H,1-2H3. The van der Waals surface area contributed by atoms with Crippen LogP contribution < -0.4 is 0 Å². The number of esters is 3. The summed E-state index contributed by atoms with van der Waals surface area (Å²) in [5.41, 5.74) is 0. The van der Waals surface area contributed by atoms with Gasteiger partial charge in [0.2, 0.25) is 0 Å². The highest BCUT2D eigenvalue weighted by Crippen LogP contribution is 2.51. The number of carbonyl (C=O) groups excluding carboxylic acids is 3. The molecule has 6 unspecified atom stereocenters. The summed E-state index contributed by atoms with van der Waals surface area (Å²) in [5, 5.41) is 0. The fraction of sp³-hybridized carbons (Fsp3) is 0.727. The molecular formula is C11H12O7. The number of rotatable bonds is 2. The van der Waals surface area contributed by atoms with E-state index >= 15 is 0 Å². The molecule has 3 saturated heterocycles. The molecule has 7 nitrogen and oxygen atoms in total. The molecule has 3 heterocycles. The van der Waals surface area contributed by atoms with Crippen molar-refractivity contribution in [3.05, 3.63) is 0 Å². The Bertz CT molecular complexity index is 431. The minimum absolute atomic E-state index is 0.488. The molecule has 0 aliphatic carbocycles. The molecule has 0 amide bonds. The first kappa shape index (κ1) is 11.5. The third-order valence-corrected chi connectivity index (χ3v) is 3.68. The molecule has 98 valence electrons. The summed E-state index contributed by atoms with van der Waals surface area (Å²) >= 11 is 0. The van der Waals surface area contributed by atoms with Gasteiger partial charge < -0.3 is 18.9 Å². The van der Waals surface area contributed by atoms with Gasteiger partial charge >= 0.3 is 17.9 Å². The molecule has 0 aromatic carbocycles. The van der Waals surface area contributed by atoms with E-state index in [1.165, 1.54) is 14.0 Å². The summed E-state index contributed by atoms with van der Waals surface area (Å²) in [6.45, 7) is 1.26. The zero-order valence-corrected chi connectivity index (χ0v) is 9.82. The molecule has 0 N–H and O–H groups in total. The number of hydrogen-bond acceptors (Lipinski definition) is 7. The zero-order valence-electron chi connectivity index (χ0n) is 9.82. The molecule has 3 fully saturated rings. The Morgan fingerprint density at radius 1 is 1.22 bits per heavy atom. The van der Waals surface area contributed by atoms with Crippen LogP contribution in [0.15, 0.2) is 0 Å². The van der Waals surface area contributed by atoms with Crippen molar-refractivity contribution in [2.45, 2.75) is 31.3 Å². The summed E-state index contributed by atoms with van der Waals surface area (Å²) in [6, 6.07) is 0. The number of fused-ring (bicyclic) bond motifs is 1. The summed E-state index contributed by atoms with van der Waals surface area (Å²) < 4.78 is 20.5. The highest BCUT2D eigenvalue weighted by molar-refractivity contribution is 5.86. The molecule has 3 rings (SSSR count). The maximum absolute atomic E-state index is 11.7. The zero-order chi connectivity index (χ0) is 13.0. The SMILES string of the molecule is COC(=O)C1C2OC3C(OC(=O)C31)C2OC(C)=O. The minimum Gasteiger partial charge on any atom is -0.469 e. The van der Waals surface area contributed by atoms with E-state index in [-0.39, 0.29) is 0 Å². The van der Waals surface area contributed by atoms with Gasteiger partial charge in [-0.2, -0.15) is 0 Å². The predicted molar refractivity (Wildman–Crippen MR) is 53.1 cm³/mol. The lowest BCUT2D eigenvalue weighted by Gasteiger charge is -2.26. The Hall–Kier alpha value is -1.63. The van der Waals surface area contributed by atoms with Crippen molar-refractivity contribution < 1.29 is 33.3 Å². The van der Waals surface area contributed by atoms with Gasteiger partial charge in [-0.15, -0.1) is 0 Å². The van der Waals surface area contributed by atoms with Gasteiger partial charge in [-0.05, 0) is 0 Å². The van der Waals surface area contributed by atoms with Crippen molar-refractivity contribution in [2.24, 2.45) is 11.8 Å². The first-order chi connectivity index (χ1) is 8.54. The van der Waals surface area contributed by atoms with Crippen molar-refractivity contribution in [3.8, 4) is 0 Å². The smallest absolute Gasteiger partial charge is 0.313 e. The second kappa shape index (κ2) is 3.68. The van der Waals surface area contributed by atoms with E-state index in [2.05, 4.69) is 4.74 Å². The molecule has 0 aromatic heterocycles. The summed E-state index contributed by atoms with van der Waals surface area (Å²) in [4.78, 5) is 34.5. The third-order valence-electron chi connectivity index (χ3n) is 3.68. The highest BCUT2D eigenvalue weighted by Gasteiger charge is 2.71. The Morgan fingerprint density at radius 2 is 1.94 bits per heavy atom. The molecule has 3 aliphatic rings. The van der Waals surface area contributed by atoms with Gasteiger partial charge in [-0.3, -0.25) is 14.4 Å². The van der Waals surface area contributed by atoms with Crippen LogP contribution in [-0.4, -0.2) is 49.4 Å². The van der Waals surface area contributed by atoms with E-state index in [1.807, 2.05) is 0 Å². The lowest BCUT2D eigenvalue weighted by Crippen LogP contribution is -2.47. The quantitative estimate of drug-likeness (QED) is 0.464. The fourth-order valence-corrected chi connectivity index (χ4v) is 3.07. The van der Waals surface area contributed by atoms with E-state index in [1.54, 1.807) is 0 Å². The molecule has 3 aliphatic heterocycles. The largest absolute Gasteiger partial charge is 0.469 e. The van der Waals surface area contributed by atoms with Gasteiger partial charge in [0.1, 0.15) is 24.0 Å². The van der Waals surface area contributed by atoms with Gasteiger partial charge in [0, 0.05) is 6.92 Å². The number of ether oxygens (including phenoxy) is 4. The van der Waals surface area contributed by atoms with E-state index in [0.717, 1.165) is 0 Å². The van der Waals surface area contributed by atoms with Gasteiger partial charge in [0.05, 0.1) is 7.11 Å². The molecule has 6 atom stereocenters. The van der Waals surface area contributed by atoms with Crippen LogP contribution in [-0.2, 0) is 33.3 Å². The lowest BCUT2D eigenvalue weighted by molar-refractivity contribution is -0.161. The normalized spacial score (nSPS) is 43.8. The van der Waals surface area contributed by atoms with Crippen molar-refractivity contribution in [1.29, 1.82) is 0 Å². The molecule has 0 saturated carbocycles. The van der Waals surface area contributed by atoms with Crippen LogP contribution in [0, 0.1) is 11.8 Å². The molecule has 0 radical (unpaired) electrons. The highest BCUT2D eigenvalue weighted by atomic mass is 16.7. The molecule has 2 bridgehead atoms. The lowest BCUT2D eigenvalue weighted by atomic mass is 9.78. The molecule has 0 spiro atoms. The van der Waals surface area contributed by atoms with Crippen molar-refractivity contribution in [1.82, 2.24) is 0 Å². The van der Waals surface area contributed by atoms with E-state index in [9.17, 15) is 14.4 Å². The van der Waals surface area contributed by atoms with Gasteiger partial charge in [-0.1, -0.05) is 0 Å². The van der Waals surface area contributed by atoms with Crippen molar-refractivity contribution in [3.63, 3.8) is 0 Å². The van der Waals surface area contributed by atoms with Crippen molar-refractivity contribution in [2.75, 3.05) is 7.11 Å².